The van der Waals surface area contributed by atoms with Crippen LogP contribution in [0.15, 0.2) is 18.2 Å². The van der Waals surface area contributed by atoms with Gasteiger partial charge in [-0.05, 0) is 49.2 Å². The number of aromatic amines is 1. The molecule has 1 aliphatic carbocycles. The average molecular weight is 278 g/mol. The van der Waals surface area contributed by atoms with E-state index in [0.717, 1.165) is 29.9 Å². The molecule has 0 spiro atoms. The molecule has 1 saturated carbocycles. The van der Waals surface area contributed by atoms with Crippen molar-refractivity contribution in [2.45, 2.75) is 45.1 Å². The van der Waals surface area contributed by atoms with Crippen LogP contribution in [0.3, 0.4) is 0 Å². The van der Waals surface area contributed by atoms with Crippen molar-refractivity contribution in [3.05, 3.63) is 28.8 Å². The van der Waals surface area contributed by atoms with Gasteiger partial charge in [-0.2, -0.15) is 0 Å². The quantitative estimate of drug-likeness (QED) is 0.796. The first-order valence-electron chi connectivity index (χ1n) is 7.12. The van der Waals surface area contributed by atoms with Crippen molar-refractivity contribution >= 4 is 23.3 Å². The first-order chi connectivity index (χ1) is 9.24. The molecule has 0 amide bonds. The average Bonchev–Trinajstić information content (AvgIpc) is 2.99. The van der Waals surface area contributed by atoms with Crippen LogP contribution in [0.2, 0.25) is 0 Å². The van der Waals surface area contributed by atoms with E-state index >= 15 is 0 Å². The van der Waals surface area contributed by atoms with E-state index in [1.807, 2.05) is 4.57 Å². The summed E-state index contributed by atoms with van der Waals surface area (Å²) in [6.07, 6.45) is 7.94. The molecule has 1 N–H and O–H groups in total. The molecule has 1 aliphatic rings. The van der Waals surface area contributed by atoms with Gasteiger partial charge in [0, 0.05) is 6.54 Å². The SMILES string of the molecule is Fc1ccc2[nH]c(=S)n(CCCC3CCCC3)c2c1. The number of aryl methyl sites for hydroxylation is 1. The van der Waals surface area contributed by atoms with E-state index in [-0.39, 0.29) is 5.82 Å². The first-order valence-corrected chi connectivity index (χ1v) is 7.53. The molecule has 1 heterocycles. The van der Waals surface area contributed by atoms with Crippen LogP contribution in [0.1, 0.15) is 38.5 Å². The van der Waals surface area contributed by atoms with E-state index in [4.69, 9.17) is 12.2 Å². The molecule has 19 heavy (non-hydrogen) atoms. The second-order valence-corrected chi connectivity index (χ2v) is 5.92. The van der Waals surface area contributed by atoms with Gasteiger partial charge in [-0.3, -0.25) is 0 Å². The van der Waals surface area contributed by atoms with Gasteiger partial charge in [0.1, 0.15) is 5.82 Å². The summed E-state index contributed by atoms with van der Waals surface area (Å²) in [6, 6.07) is 4.79. The van der Waals surface area contributed by atoms with E-state index < -0.39 is 0 Å². The molecule has 0 saturated heterocycles. The van der Waals surface area contributed by atoms with Crippen LogP contribution >= 0.6 is 12.2 Å². The highest BCUT2D eigenvalue weighted by Crippen LogP contribution is 2.29. The van der Waals surface area contributed by atoms with Crippen LogP contribution < -0.4 is 0 Å². The Morgan fingerprint density at radius 2 is 2.11 bits per heavy atom. The minimum atomic E-state index is -0.203. The largest absolute Gasteiger partial charge is 0.331 e. The molecule has 1 aromatic heterocycles. The molecule has 0 radical (unpaired) electrons. The van der Waals surface area contributed by atoms with Crippen molar-refractivity contribution in [2.75, 3.05) is 0 Å². The maximum atomic E-state index is 13.3. The molecule has 1 fully saturated rings. The molecule has 0 unspecified atom stereocenters. The second kappa shape index (κ2) is 5.45. The summed E-state index contributed by atoms with van der Waals surface area (Å²) in [7, 11) is 0. The molecule has 4 heteroatoms. The monoisotopic (exact) mass is 278 g/mol. The number of nitrogens with zero attached hydrogens (tertiary/aromatic N) is 1. The fraction of sp³-hybridized carbons (Fsp3) is 0.533. The highest BCUT2D eigenvalue weighted by atomic mass is 32.1. The lowest BCUT2D eigenvalue weighted by Gasteiger charge is -2.09. The van der Waals surface area contributed by atoms with Gasteiger partial charge in [-0.1, -0.05) is 25.7 Å². The van der Waals surface area contributed by atoms with Gasteiger partial charge in [0.25, 0.3) is 0 Å². The van der Waals surface area contributed by atoms with Crippen molar-refractivity contribution in [2.24, 2.45) is 5.92 Å². The number of fused-ring (bicyclic) bond motifs is 1. The second-order valence-electron chi connectivity index (χ2n) is 5.54. The van der Waals surface area contributed by atoms with Gasteiger partial charge in [-0.15, -0.1) is 0 Å². The van der Waals surface area contributed by atoms with Gasteiger partial charge in [0.05, 0.1) is 11.0 Å². The fourth-order valence-electron chi connectivity index (χ4n) is 3.19. The summed E-state index contributed by atoms with van der Waals surface area (Å²) in [6.45, 7) is 0.888. The van der Waals surface area contributed by atoms with Gasteiger partial charge in [0.15, 0.2) is 4.77 Å². The summed E-state index contributed by atoms with van der Waals surface area (Å²) in [5, 5.41) is 0. The third-order valence-corrected chi connectivity index (χ3v) is 4.53. The zero-order chi connectivity index (χ0) is 13.2. The van der Waals surface area contributed by atoms with Crippen LogP contribution in [-0.4, -0.2) is 9.55 Å². The number of H-pyrrole nitrogens is 1. The van der Waals surface area contributed by atoms with E-state index in [1.54, 1.807) is 12.1 Å². The zero-order valence-corrected chi connectivity index (χ0v) is 11.8. The smallest absolute Gasteiger partial charge is 0.178 e. The number of nitrogens with one attached hydrogen (secondary N) is 1. The van der Waals surface area contributed by atoms with Gasteiger partial charge >= 0.3 is 0 Å². The molecular formula is C15H19FN2S. The van der Waals surface area contributed by atoms with E-state index in [9.17, 15) is 4.39 Å². The van der Waals surface area contributed by atoms with Crippen molar-refractivity contribution in [1.82, 2.24) is 9.55 Å². The topological polar surface area (TPSA) is 20.7 Å². The molecule has 0 atom stereocenters. The summed E-state index contributed by atoms with van der Waals surface area (Å²) in [5.41, 5.74) is 1.81. The van der Waals surface area contributed by atoms with Gasteiger partial charge in [0.2, 0.25) is 0 Å². The maximum Gasteiger partial charge on any atom is 0.178 e. The Kier molecular flexibility index (Phi) is 3.69. The Hall–Kier alpha value is -1.16. The molecular weight excluding hydrogens is 259 g/mol. The van der Waals surface area contributed by atoms with E-state index in [0.29, 0.717) is 4.77 Å². The molecule has 2 aromatic rings. The first kappa shape index (κ1) is 12.9. The molecule has 2 nitrogen and oxygen atoms in total. The lowest BCUT2D eigenvalue weighted by Crippen LogP contribution is -2.01. The molecule has 0 aliphatic heterocycles. The van der Waals surface area contributed by atoms with Crippen LogP contribution in [0.5, 0.6) is 0 Å². The maximum absolute atomic E-state index is 13.3. The Balaban J connectivity index is 1.74. The summed E-state index contributed by atoms with van der Waals surface area (Å²) in [5.74, 6) is 0.696. The van der Waals surface area contributed by atoms with Crippen LogP contribution in [0.25, 0.3) is 11.0 Å². The van der Waals surface area contributed by atoms with Crippen molar-refractivity contribution in [3.8, 4) is 0 Å². The zero-order valence-electron chi connectivity index (χ0n) is 11.0. The Morgan fingerprint density at radius 1 is 1.32 bits per heavy atom. The van der Waals surface area contributed by atoms with Crippen molar-refractivity contribution < 1.29 is 4.39 Å². The number of benzene rings is 1. The lowest BCUT2D eigenvalue weighted by molar-refractivity contribution is 0.460. The fourth-order valence-corrected chi connectivity index (χ4v) is 3.48. The number of halogens is 1. The predicted molar refractivity (Wildman–Crippen MR) is 78.3 cm³/mol. The number of aromatic nitrogens is 2. The highest BCUT2D eigenvalue weighted by molar-refractivity contribution is 7.71. The van der Waals surface area contributed by atoms with Crippen LogP contribution in [-0.2, 0) is 6.54 Å². The number of imidazole rings is 1. The summed E-state index contributed by atoms with van der Waals surface area (Å²) < 4.78 is 16.1. The highest BCUT2D eigenvalue weighted by Gasteiger charge is 2.14. The predicted octanol–water partition coefficient (Wildman–Crippen LogP) is 4.81. The number of hydrogen-bond donors (Lipinski definition) is 1. The Morgan fingerprint density at radius 3 is 2.89 bits per heavy atom. The lowest BCUT2D eigenvalue weighted by atomic mass is 10.0. The molecule has 102 valence electrons. The van der Waals surface area contributed by atoms with Crippen LogP contribution in [0.4, 0.5) is 4.39 Å². The van der Waals surface area contributed by atoms with Crippen LogP contribution in [0, 0.1) is 16.5 Å². The normalized spacial score (nSPS) is 16.5. The van der Waals surface area contributed by atoms with E-state index in [2.05, 4.69) is 4.98 Å². The van der Waals surface area contributed by atoms with Gasteiger partial charge in [-0.25, -0.2) is 4.39 Å². The number of hydrogen-bond acceptors (Lipinski definition) is 1. The third-order valence-electron chi connectivity index (χ3n) is 4.21. The molecule has 1 aromatic carbocycles. The third kappa shape index (κ3) is 2.73. The standard InChI is InChI=1S/C15H19FN2S/c16-12-7-8-13-14(10-12)18(15(19)17-13)9-3-6-11-4-1-2-5-11/h7-8,10-11H,1-6,9H2,(H,17,19). The molecule has 0 bridgehead atoms. The van der Waals surface area contributed by atoms with E-state index in [1.165, 1.54) is 38.2 Å². The summed E-state index contributed by atoms with van der Waals surface area (Å²) >= 11 is 5.33. The van der Waals surface area contributed by atoms with Crippen molar-refractivity contribution in [3.63, 3.8) is 0 Å². The minimum absolute atomic E-state index is 0.203. The molecule has 3 rings (SSSR count). The summed E-state index contributed by atoms with van der Waals surface area (Å²) in [4.78, 5) is 3.14. The number of rotatable bonds is 4. The Bertz CT molecular complexity index is 623. The Labute approximate surface area is 117 Å². The van der Waals surface area contributed by atoms with Crippen molar-refractivity contribution in [1.29, 1.82) is 0 Å². The minimum Gasteiger partial charge on any atom is -0.331 e. The van der Waals surface area contributed by atoms with Gasteiger partial charge < -0.3 is 9.55 Å².